The average Bonchev–Trinajstić information content (AvgIpc) is 2.51. The number of methoxy groups -OCH3 is 1. The van der Waals surface area contributed by atoms with Crippen molar-refractivity contribution >= 4 is 5.97 Å². The van der Waals surface area contributed by atoms with Gasteiger partial charge in [-0.2, -0.15) is 0 Å². The lowest BCUT2D eigenvalue weighted by Crippen LogP contribution is -2.28. The van der Waals surface area contributed by atoms with Crippen LogP contribution in [-0.2, 0) is 20.9 Å². The molecule has 1 rings (SSSR count). The predicted molar refractivity (Wildman–Crippen MR) is 81.6 cm³/mol. The molecule has 0 aliphatic heterocycles. The van der Waals surface area contributed by atoms with Crippen molar-refractivity contribution in [2.75, 3.05) is 7.11 Å². The number of benzene rings is 1. The predicted octanol–water partition coefficient (Wildman–Crippen LogP) is 2.71. The summed E-state index contributed by atoms with van der Waals surface area (Å²) in [4.78, 5) is 11.2. The van der Waals surface area contributed by atoms with Crippen LogP contribution in [0.15, 0.2) is 43.0 Å². The fraction of sp³-hybridized carbons (Fsp3) is 0.471. The van der Waals surface area contributed by atoms with Crippen LogP contribution in [0, 0.1) is 5.92 Å². The molecule has 116 valence electrons. The lowest BCUT2D eigenvalue weighted by atomic mass is 9.97. The van der Waals surface area contributed by atoms with E-state index in [-0.39, 0.29) is 18.4 Å². The summed E-state index contributed by atoms with van der Waals surface area (Å²) in [6.45, 7) is 6.21. The Morgan fingerprint density at radius 2 is 2.05 bits per heavy atom. The van der Waals surface area contributed by atoms with Crippen molar-refractivity contribution in [2.45, 2.75) is 38.6 Å². The zero-order valence-electron chi connectivity index (χ0n) is 12.7. The van der Waals surface area contributed by atoms with Crippen molar-refractivity contribution in [1.82, 2.24) is 0 Å². The van der Waals surface area contributed by atoms with Crippen LogP contribution in [0.5, 0.6) is 0 Å². The highest BCUT2D eigenvalue weighted by atomic mass is 16.5. The minimum Gasteiger partial charge on any atom is -0.469 e. The average molecular weight is 292 g/mol. The van der Waals surface area contributed by atoms with Crippen LogP contribution in [0.3, 0.4) is 0 Å². The number of rotatable bonds is 9. The molecule has 0 aromatic heterocycles. The summed E-state index contributed by atoms with van der Waals surface area (Å²) < 4.78 is 10.4. The van der Waals surface area contributed by atoms with Gasteiger partial charge in [-0.15, -0.1) is 6.58 Å². The van der Waals surface area contributed by atoms with Gasteiger partial charge in [0.2, 0.25) is 0 Å². The van der Waals surface area contributed by atoms with Crippen LogP contribution in [0.4, 0.5) is 0 Å². The van der Waals surface area contributed by atoms with E-state index in [1.54, 1.807) is 6.08 Å². The van der Waals surface area contributed by atoms with Gasteiger partial charge in [-0.25, -0.2) is 0 Å². The molecule has 0 unspecified atom stereocenters. The van der Waals surface area contributed by atoms with Gasteiger partial charge in [-0.3, -0.25) is 4.79 Å². The van der Waals surface area contributed by atoms with E-state index >= 15 is 0 Å². The van der Waals surface area contributed by atoms with E-state index in [9.17, 15) is 9.90 Å². The third kappa shape index (κ3) is 6.56. The molecule has 1 N–H and O–H groups in total. The van der Waals surface area contributed by atoms with Gasteiger partial charge in [-0.1, -0.05) is 43.3 Å². The first-order valence-electron chi connectivity index (χ1n) is 7.09. The van der Waals surface area contributed by atoms with Crippen molar-refractivity contribution in [3.63, 3.8) is 0 Å². The summed E-state index contributed by atoms with van der Waals surface area (Å²) in [7, 11) is 1.31. The summed E-state index contributed by atoms with van der Waals surface area (Å²) in [6.07, 6.45) is 1.17. The van der Waals surface area contributed by atoms with Gasteiger partial charge in [0.25, 0.3) is 0 Å². The van der Waals surface area contributed by atoms with Crippen molar-refractivity contribution < 1.29 is 19.4 Å². The summed E-state index contributed by atoms with van der Waals surface area (Å²) in [6, 6.07) is 9.84. The van der Waals surface area contributed by atoms with Gasteiger partial charge in [0, 0.05) is 12.3 Å². The highest BCUT2D eigenvalue weighted by Gasteiger charge is 2.21. The second kappa shape index (κ2) is 9.32. The number of carbonyl (C=O) groups is 1. The summed E-state index contributed by atoms with van der Waals surface area (Å²) in [5.41, 5.74) is 1.07. The lowest BCUT2D eigenvalue weighted by molar-refractivity contribution is -0.143. The standard InChI is InChI=1S/C17H24O4/c1-4-13(2)16(10-15(18)11-17(19)20-3)21-12-14-8-6-5-7-9-14/h4-9,13,15-16,18H,1,10-12H2,2-3H3/t13-,15-,16-/m0/s1. The smallest absolute Gasteiger partial charge is 0.308 e. The Morgan fingerprint density at radius 1 is 1.38 bits per heavy atom. The molecule has 0 saturated carbocycles. The number of aliphatic hydroxyl groups excluding tert-OH is 1. The first-order chi connectivity index (χ1) is 10.1. The van der Waals surface area contributed by atoms with Gasteiger partial charge >= 0.3 is 5.97 Å². The summed E-state index contributed by atoms with van der Waals surface area (Å²) >= 11 is 0. The normalized spacial score (nSPS) is 15.0. The molecule has 3 atom stereocenters. The Morgan fingerprint density at radius 3 is 2.62 bits per heavy atom. The molecule has 21 heavy (non-hydrogen) atoms. The number of carbonyl (C=O) groups excluding carboxylic acids is 1. The molecule has 0 spiro atoms. The molecule has 1 aromatic rings. The largest absolute Gasteiger partial charge is 0.469 e. The first kappa shape index (κ1) is 17.4. The molecule has 0 radical (unpaired) electrons. The molecule has 0 amide bonds. The molecule has 4 heteroatoms. The minimum absolute atomic E-state index is 0.0223. The fourth-order valence-corrected chi connectivity index (χ4v) is 1.99. The molecule has 4 nitrogen and oxygen atoms in total. The van der Waals surface area contributed by atoms with E-state index in [2.05, 4.69) is 11.3 Å². The van der Waals surface area contributed by atoms with Gasteiger partial charge < -0.3 is 14.6 Å². The maximum absolute atomic E-state index is 11.2. The van der Waals surface area contributed by atoms with Crippen LogP contribution in [0.25, 0.3) is 0 Å². The summed E-state index contributed by atoms with van der Waals surface area (Å²) in [5.74, 6) is -0.337. The highest BCUT2D eigenvalue weighted by Crippen LogP contribution is 2.18. The van der Waals surface area contributed by atoms with Crippen LogP contribution < -0.4 is 0 Å². The Labute approximate surface area is 126 Å². The minimum atomic E-state index is -0.777. The Hall–Kier alpha value is -1.65. The van der Waals surface area contributed by atoms with Crippen LogP contribution >= 0.6 is 0 Å². The Kier molecular flexibility index (Phi) is 7.72. The van der Waals surface area contributed by atoms with Crippen molar-refractivity contribution in [3.05, 3.63) is 48.6 Å². The van der Waals surface area contributed by atoms with E-state index in [1.807, 2.05) is 37.3 Å². The number of hydrogen-bond acceptors (Lipinski definition) is 4. The molecule has 1 aromatic carbocycles. The monoisotopic (exact) mass is 292 g/mol. The zero-order chi connectivity index (χ0) is 15.7. The van der Waals surface area contributed by atoms with Crippen molar-refractivity contribution in [3.8, 4) is 0 Å². The van der Waals surface area contributed by atoms with Crippen LogP contribution in [0.2, 0.25) is 0 Å². The van der Waals surface area contributed by atoms with Gasteiger partial charge in [0.05, 0.1) is 32.3 Å². The zero-order valence-corrected chi connectivity index (χ0v) is 12.7. The Bertz CT molecular complexity index is 430. The van der Waals surface area contributed by atoms with Gasteiger partial charge in [0.15, 0.2) is 0 Å². The van der Waals surface area contributed by atoms with E-state index in [4.69, 9.17) is 4.74 Å². The van der Waals surface area contributed by atoms with E-state index in [0.717, 1.165) is 5.56 Å². The Balaban J connectivity index is 2.55. The highest BCUT2D eigenvalue weighted by molar-refractivity contribution is 5.69. The summed E-state index contributed by atoms with van der Waals surface area (Å²) in [5, 5.41) is 9.95. The quantitative estimate of drug-likeness (QED) is 0.561. The van der Waals surface area contributed by atoms with Gasteiger partial charge in [-0.05, 0) is 5.56 Å². The van der Waals surface area contributed by atoms with Crippen LogP contribution in [-0.4, -0.2) is 30.4 Å². The SMILES string of the molecule is C=C[C@H](C)[C@H](C[C@H](O)CC(=O)OC)OCc1ccccc1. The third-order valence-electron chi connectivity index (χ3n) is 3.40. The van der Waals surface area contributed by atoms with E-state index in [1.165, 1.54) is 7.11 Å². The molecule has 0 heterocycles. The maximum Gasteiger partial charge on any atom is 0.308 e. The molecule has 0 aliphatic carbocycles. The van der Waals surface area contributed by atoms with E-state index < -0.39 is 12.1 Å². The third-order valence-corrected chi connectivity index (χ3v) is 3.40. The number of ether oxygens (including phenoxy) is 2. The fourth-order valence-electron chi connectivity index (χ4n) is 1.99. The number of hydrogen-bond donors (Lipinski definition) is 1. The molecular formula is C17H24O4. The molecule has 0 fully saturated rings. The molecule has 0 bridgehead atoms. The maximum atomic E-state index is 11.2. The second-order valence-corrected chi connectivity index (χ2v) is 5.10. The second-order valence-electron chi connectivity index (χ2n) is 5.10. The van der Waals surface area contributed by atoms with Crippen LogP contribution in [0.1, 0.15) is 25.3 Å². The molecule has 0 aliphatic rings. The van der Waals surface area contributed by atoms with E-state index in [0.29, 0.717) is 13.0 Å². The molecule has 0 saturated heterocycles. The molecular weight excluding hydrogens is 268 g/mol. The van der Waals surface area contributed by atoms with Crippen molar-refractivity contribution in [2.24, 2.45) is 5.92 Å². The number of esters is 1. The topological polar surface area (TPSA) is 55.8 Å². The van der Waals surface area contributed by atoms with Gasteiger partial charge in [0.1, 0.15) is 0 Å². The number of aliphatic hydroxyl groups is 1. The first-order valence-corrected chi connectivity index (χ1v) is 7.09. The van der Waals surface area contributed by atoms with Crippen molar-refractivity contribution in [1.29, 1.82) is 0 Å². The lowest BCUT2D eigenvalue weighted by Gasteiger charge is -2.24.